The molecule has 0 fully saturated rings. The molecule has 2 aromatic heterocycles. The lowest BCUT2D eigenvalue weighted by molar-refractivity contribution is 0.271. The Morgan fingerprint density at radius 1 is 0.833 bits per heavy atom. The van der Waals surface area contributed by atoms with E-state index in [1.807, 2.05) is 0 Å². The van der Waals surface area contributed by atoms with E-state index in [0.29, 0.717) is 22.9 Å². The number of benzene rings is 2. The van der Waals surface area contributed by atoms with Gasteiger partial charge in [0.15, 0.2) is 11.5 Å². The Morgan fingerprint density at radius 3 is 2.13 bits per heavy atom. The molecule has 2 heterocycles. The van der Waals surface area contributed by atoms with Crippen molar-refractivity contribution in [3.05, 3.63) is 73.1 Å². The second-order valence-corrected chi connectivity index (χ2v) is 7.77. The van der Waals surface area contributed by atoms with Crippen molar-refractivity contribution in [1.29, 1.82) is 0 Å². The summed E-state index contributed by atoms with van der Waals surface area (Å²) in [6.07, 6.45) is 0. The summed E-state index contributed by atoms with van der Waals surface area (Å²) >= 11 is 30.3. The molecule has 4 rings (SSSR count). The monoisotopic (exact) mass is 506 g/mol. The summed E-state index contributed by atoms with van der Waals surface area (Å²) < 4.78 is 29.6. The maximum atomic E-state index is 13.1. The van der Waals surface area contributed by atoms with Crippen LogP contribution in [0.25, 0.3) is 23.0 Å². The van der Waals surface area contributed by atoms with E-state index in [2.05, 4.69) is 10.1 Å². The molecule has 0 radical (unpaired) electrons. The Kier molecular flexibility index (Phi) is 6.14. The Morgan fingerprint density at radius 2 is 1.47 bits per heavy atom. The predicted octanol–water partition coefficient (Wildman–Crippen LogP) is 7.98. The fourth-order valence-corrected chi connectivity index (χ4v) is 3.70. The number of hydrogen-bond donors (Lipinski definition) is 0. The van der Waals surface area contributed by atoms with Crippen molar-refractivity contribution in [3.8, 4) is 28.8 Å². The first-order chi connectivity index (χ1) is 14.3. The van der Waals surface area contributed by atoms with Crippen LogP contribution in [-0.2, 0) is 6.61 Å². The minimum atomic E-state index is -0.360. The van der Waals surface area contributed by atoms with Gasteiger partial charge in [-0.25, -0.2) is 4.39 Å². The van der Waals surface area contributed by atoms with Crippen molar-refractivity contribution < 1.29 is 18.1 Å². The zero-order chi connectivity index (χ0) is 21.4. The molecule has 11 heteroatoms. The van der Waals surface area contributed by atoms with E-state index < -0.39 is 0 Å². The molecule has 0 amide bonds. The summed E-state index contributed by atoms with van der Waals surface area (Å²) in [6, 6.07) is 8.98. The highest BCUT2D eigenvalue weighted by Crippen LogP contribution is 2.48. The molecule has 0 bridgehead atoms. The van der Waals surface area contributed by atoms with Crippen molar-refractivity contribution in [1.82, 2.24) is 10.1 Å². The summed E-state index contributed by atoms with van der Waals surface area (Å²) in [5, 5.41) is 4.03. The quantitative estimate of drug-likeness (QED) is 0.202. The molecule has 0 atom stereocenters. The van der Waals surface area contributed by atoms with E-state index in [9.17, 15) is 4.39 Å². The molecule has 0 aliphatic carbocycles. The Balaban J connectivity index is 1.52. The van der Waals surface area contributed by atoms with Crippen LogP contribution in [0.5, 0.6) is 5.75 Å². The molecule has 0 spiro atoms. The molecule has 0 N–H and O–H groups in total. The van der Waals surface area contributed by atoms with Crippen LogP contribution in [0.1, 0.15) is 5.76 Å². The highest BCUT2D eigenvalue weighted by atomic mass is 35.5. The predicted molar refractivity (Wildman–Crippen MR) is 113 cm³/mol. The van der Waals surface area contributed by atoms with Gasteiger partial charge in [0.1, 0.15) is 28.2 Å². The van der Waals surface area contributed by atoms with Crippen LogP contribution in [0, 0.1) is 5.82 Å². The number of ether oxygens (including phenoxy) is 1. The topological polar surface area (TPSA) is 61.3 Å². The minimum Gasteiger partial charge on any atom is -0.482 e. The molecular weight excluding hydrogens is 500 g/mol. The number of hydrogen-bond acceptors (Lipinski definition) is 5. The van der Waals surface area contributed by atoms with Crippen molar-refractivity contribution in [2.24, 2.45) is 0 Å². The minimum absolute atomic E-state index is 0.0297. The normalized spacial score (nSPS) is 11.1. The zero-order valence-corrected chi connectivity index (χ0v) is 18.3. The zero-order valence-electron chi connectivity index (χ0n) is 14.6. The molecule has 30 heavy (non-hydrogen) atoms. The summed E-state index contributed by atoms with van der Waals surface area (Å²) in [7, 11) is 0. The van der Waals surface area contributed by atoms with E-state index in [-0.39, 0.29) is 49.2 Å². The van der Waals surface area contributed by atoms with Crippen molar-refractivity contribution in [2.75, 3.05) is 0 Å². The van der Waals surface area contributed by atoms with Crippen LogP contribution in [0.2, 0.25) is 25.1 Å². The van der Waals surface area contributed by atoms with E-state index >= 15 is 0 Å². The molecule has 4 aromatic rings. The lowest BCUT2D eigenvalue weighted by Crippen LogP contribution is -1.96. The van der Waals surface area contributed by atoms with Gasteiger partial charge in [0.25, 0.3) is 5.89 Å². The van der Waals surface area contributed by atoms with E-state index in [4.69, 9.17) is 71.7 Å². The first kappa shape index (κ1) is 21.3. The average Bonchev–Trinajstić information content (AvgIpc) is 3.41. The molecule has 0 saturated heterocycles. The second-order valence-electron chi connectivity index (χ2n) is 5.88. The Bertz CT molecular complexity index is 1190. The summed E-state index contributed by atoms with van der Waals surface area (Å²) in [6.45, 7) is -0.0350. The first-order valence-electron chi connectivity index (χ1n) is 8.18. The fourth-order valence-electron chi connectivity index (χ4n) is 2.46. The average molecular weight is 509 g/mol. The third kappa shape index (κ3) is 4.11. The van der Waals surface area contributed by atoms with Gasteiger partial charge >= 0.3 is 0 Å². The Labute approximate surface area is 194 Å². The van der Waals surface area contributed by atoms with E-state index in [1.165, 1.54) is 12.1 Å². The van der Waals surface area contributed by atoms with Crippen LogP contribution >= 0.6 is 58.0 Å². The van der Waals surface area contributed by atoms with Crippen LogP contribution in [0.15, 0.2) is 45.3 Å². The van der Waals surface area contributed by atoms with Gasteiger partial charge in [0, 0.05) is 5.56 Å². The van der Waals surface area contributed by atoms with Crippen LogP contribution in [0.4, 0.5) is 4.39 Å². The van der Waals surface area contributed by atoms with Crippen LogP contribution in [-0.4, -0.2) is 10.1 Å². The van der Waals surface area contributed by atoms with Gasteiger partial charge in [-0.3, -0.25) is 0 Å². The van der Waals surface area contributed by atoms with Crippen LogP contribution < -0.4 is 4.74 Å². The molecule has 0 saturated carbocycles. The van der Waals surface area contributed by atoms with Gasteiger partial charge in [-0.05, 0) is 36.4 Å². The molecule has 5 nitrogen and oxygen atoms in total. The van der Waals surface area contributed by atoms with E-state index in [1.54, 1.807) is 24.3 Å². The van der Waals surface area contributed by atoms with Gasteiger partial charge in [0.2, 0.25) is 5.82 Å². The number of rotatable bonds is 5. The lowest BCUT2D eigenvalue weighted by Gasteiger charge is -2.12. The second kappa shape index (κ2) is 8.65. The lowest BCUT2D eigenvalue weighted by atomic mass is 10.2. The molecule has 154 valence electrons. The summed E-state index contributed by atoms with van der Waals surface area (Å²) in [5.41, 5.74) is 0.599. The first-order valence-corrected chi connectivity index (χ1v) is 10.1. The van der Waals surface area contributed by atoms with Crippen molar-refractivity contribution in [2.45, 2.75) is 6.61 Å². The van der Waals surface area contributed by atoms with Crippen molar-refractivity contribution >= 4 is 58.0 Å². The fraction of sp³-hybridized carbons (Fsp3) is 0.0526. The maximum Gasteiger partial charge on any atom is 0.293 e. The Hall–Kier alpha value is -1.96. The molecule has 0 aliphatic heterocycles. The smallest absolute Gasteiger partial charge is 0.293 e. The maximum absolute atomic E-state index is 13.1. The largest absolute Gasteiger partial charge is 0.482 e. The van der Waals surface area contributed by atoms with Gasteiger partial charge in [-0.1, -0.05) is 63.2 Å². The highest BCUT2D eigenvalue weighted by molar-refractivity contribution is 6.55. The summed E-state index contributed by atoms with van der Waals surface area (Å²) in [4.78, 5) is 4.25. The SMILES string of the molecule is Fc1ccc(-c2noc(-c3ccc(COc4c(Cl)c(Cl)c(Cl)c(Cl)c4Cl)o3)n2)cc1. The van der Waals surface area contributed by atoms with Gasteiger partial charge in [-0.15, -0.1) is 0 Å². The summed E-state index contributed by atoms with van der Waals surface area (Å²) in [5.74, 6) is 0.894. The van der Waals surface area contributed by atoms with Gasteiger partial charge in [-0.2, -0.15) is 4.98 Å². The molecule has 0 aliphatic rings. The highest BCUT2D eigenvalue weighted by Gasteiger charge is 2.21. The third-order valence-corrected chi connectivity index (χ3v) is 6.17. The number of furan rings is 1. The number of aromatic nitrogens is 2. The van der Waals surface area contributed by atoms with Crippen molar-refractivity contribution in [3.63, 3.8) is 0 Å². The molecular formula is C19H8Cl5FN2O3. The van der Waals surface area contributed by atoms with E-state index in [0.717, 1.165) is 0 Å². The van der Waals surface area contributed by atoms with Gasteiger partial charge in [0.05, 0.1) is 15.1 Å². The standard InChI is InChI=1S/C19H8Cl5FN2O3/c20-12-13(21)15(23)17(16(24)14(12)22)28-7-10-5-6-11(29-10)19-26-18(27-30-19)8-1-3-9(25)4-2-8/h1-6H,7H2. The van der Waals surface area contributed by atoms with Crippen LogP contribution in [0.3, 0.4) is 0 Å². The number of nitrogens with zero attached hydrogens (tertiary/aromatic N) is 2. The molecule has 2 aromatic carbocycles. The number of halogens is 6. The third-order valence-electron chi connectivity index (χ3n) is 3.93. The van der Waals surface area contributed by atoms with Gasteiger partial charge < -0.3 is 13.7 Å². The molecule has 0 unspecified atom stereocenters.